The summed E-state index contributed by atoms with van der Waals surface area (Å²) in [7, 11) is 0. The van der Waals surface area contributed by atoms with Crippen LogP contribution >= 0.6 is 0 Å². The molecule has 0 unspecified atom stereocenters. The molecule has 0 spiro atoms. The summed E-state index contributed by atoms with van der Waals surface area (Å²) in [5.41, 5.74) is 1.81. The molecular weight excluding hydrogens is 216 g/mol. The normalized spacial score (nSPS) is 14.2. The standard InChI is InChI=1S/C13H16N2O2/c1-9-3-2-4-11(7-9)15-13(17)8-12(16)14-10-5-6-10/h2-4,7,10H,5-6,8H2,1H3,(H,14,16)(H,15,17). The maximum absolute atomic E-state index is 11.6. The van der Waals surface area contributed by atoms with Crippen molar-refractivity contribution < 1.29 is 9.59 Å². The van der Waals surface area contributed by atoms with Gasteiger partial charge in [-0.25, -0.2) is 0 Å². The molecular formula is C13H16N2O2. The van der Waals surface area contributed by atoms with Crippen LogP contribution in [-0.2, 0) is 9.59 Å². The molecule has 0 bridgehead atoms. The Bertz CT molecular complexity index is 439. The fourth-order valence-corrected chi connectivity index (χ4v) is 1.58. The number of carbonyl (C=O) groups is 2. The molecule has 2 amide bonds. The summed E-state index contributed by atoms with van der Waals surface area (Å²) >= 11 is 0. The molecule has 2 rings (SSSR count). The van der Waals surface area contributed by atoms with Crippen LogP contribution in [0, 0.1) is 6.92 Å². The fraction of sp³-hybridized carbons (Fsp3) is 0.385. The molecule has 1 saturated carbocycles. The van der Waals surface area contributed by atoms with Crippen molar-refractivity contribution in [1.29, 1.82) is 0 Å². The second kappa shape index (κ2) is 4.99. The third-order valence-corrected chi connectivity index (χ3v) is 2.57. The molecule has 1 aromatic rings. The summed E-state index contributed by atoms with van der Waals surface area (Å²) in [4.78, 5) is 23.0. The number of amides is 2. The van der Waals surface area contributed by atoms with E-state index in [-0.39, 0.29) is 18.2 Å². The summed E-state index contributed by atoms with van der Waals surface area (Å²) in [6, 6.07) is 7.81. The van der Waals surface area contributed by atoms with Gasteiger partial charge in [-0.2, -0.15) is 0 Å². The van der Waals surface area contributed by atoms with Crippen LogP contribution in [0.4, 0.5) is 5.69 Å². The molecule has 1 aliphatic carbocycles. The minimum atomic E-state index is -0.270. The van der Waals surface area contributed by atoms with Crippen molar-refractivity contribution in [3.8, 4) is 0 Å². The maximum Gasteiger partial charge on any atom is 0.233 e. The highest BCUT2D eigenvalue weighted by Crippen LogP contribution is 2.18. The highest BCUT2D eigenvalue weighted by molar-refractivity contribution is 6.03. The van der Waals surface area contributed by atoms with Crippen molar-refractivity contribution in [2.24, 2.45) is 0 Å². The van der Waals surface area contributed by atoms with Crippen molar-refractivity contribution in [2.75, 3.05) is 5.32 Å². The van der Waals surface area contributed by atoms with Gasteiger partial charge in [-0.05, 0) is 37.5 Å². The summed E-state index contributed by atoms with van der Waals surface area (Å²) in [6.45, 7) is 1.95. The van der Waals surface area contributed by atoms with E-state index in [0.29, 0.717) is 6.04 Å². The Kier molecular flexibility index (Phi) is 3.42. The molecule has 17 heavy (non-hydrogen) atoms. The molecule has 1 aliphatic rings. The zero-order valence-corrected chi connectivity index (χ0v) is 9.82. The van der Waals surface area contributed by atoms with Gasteiger partial charge in [0.25, 0.3) is 0 Å². The number of nitrogens with one attached hydrogen (secondary N) is 2. The first kappa shape index (κ1) is 11.6. The largest absolute Gasteiger partial charge is 0.353 e. The van der Waals surface area contributed by atoms with E-state index < -0.39 is 0 Å². The van der Waals surface area contributed by atoms with Gasteiger partial charge in [0.1, 0.15) is 6.42 Å². The van der Waals surface area contributed by atoms with E-state index in [2.05, 4.69) is 10.6 Å². The van der Waals surface area contributed by atoms with Crippen molar-refractivity contribution >= 4 is 17.5 Å². The van der Waals surface area contributed by atoms with Crippen LogP contribution in [0.25, 0.3) is 0 Å². The number of hydrogen-bond acceptors (Lipinski definition) is 2. The van der Waals surface area contributed by atoms with E-state index in [1.807, 2.05) is 31.2 Å². The smallest absolute Gasteiger partial charge is 0.233 e. The van der Waals surface area contributed by atoms with E-state index in [1.54, 1.807) is 0 Å². The minimum absolute atomic E-state index is 0.107. The topological polar surface area (TPSA) is 58.2 Å². The van der Waals surface area contributed by atoms with E-state index >= 15 is 0 Å². The Labute approximate surface area is 100 Å². The van der Waals surface area contributed by atoms with Crippen LogP contribution in [-0.4, -0.2) is 17.9 Å². The van der Waals surface area contributed by atoms with Gasteiger partial charge < -0.3 is 10.6 Å². The second-order valence-electron chi connectivity index (χ2n) is 4.44. The number of carbonyl (C=O) groups excluding carboxylic acids is 2. The van der Waals surface area contributed by atoms with Crippen molar-refractivity contribution in [3.63, 3.8) is 0 Å². The van der Waals surface area contributed by atoms with Gasteiger partial charge in [-0.1, -0.05) is 12.1 Å². The molecule has 0 aromatic heterocycles. The molecule has 0 radical (unpaired) electrons. The van der Waals surface area contributed by atoms with Crippen LogP contribution < -0.4 is 10.6 Å². The van der Waals surface area contributed by atoms with Crippen molar-refractivity contribution in [3.05, 3.63) is 29.8 Å². The highest BCUT2D eigenvalue weighted by atomic mass is 16.2. The Morgan fingerprint density at radius 3 is 2.71 bits per heavy atom. The first-order valence-electron chi connectivity index (χ1n) is 5.79. The van der Waals surface area contributed by atoms with Gasteiger partial charge in [-0.3, -0.25) is 9.59 Å². The van der Waals surface area contributed by atoms with E-state index in [4.69, 9.17) is 0 Å². The molecule has 4 heteroatoms. The predicted octanol–water partition coefficient (Wildman–Crippen LogP) is 1.60. The Morgan fingerprint density at radius 1 is 1.29 bits per heavy atom. The molecule has 0 saturated heterocycles. The zero-order valence-electron chi connectivity index (χ0n) is 9.82. The van der Waals surface area contributed by atoms with Gasteiger partial charge in [0.2, 0.25) is 11.8 Å². The second-order valence-corrected chi connectivity index (χ2v) is 4.44. The van der Waals surface area contributed by atoms with Gasteiger partial charge in [0.15, 0.2) is 0 Å². The molecule has 0 heterocycles. The van der Waals surface area contributed by atoms with Gasteiger partial charge in [0, 0.05) is 11.7 Å². The number of rotatable bonds is 4. The summed E-state index contributed by atoms with van der Waals surface area (Å²) in [5.74, 6) is -0.466. The van der Waals surface area contributed by atoms with Gasteiger partial charge >= 0.3 is 0 Å². The number of aryl methyl sites for hydroxylation is 1. The number of benzene rings is 1. The predicted molar refractivity (Wildman–Crippen MR) is 65.6 cm³/mol. The highest BCUT2D eigenvalue weighted by Gasteiger charge is 2.24. The molecule has 1 fully saturated rings. The molecule has 2 N–H and O–H groups in total. The van der Waals surface area contributed by atoms with Crippen LogP contribution in [0.3, 0.4) is 0 Å². The van der Waals surface area contributed by atoms with Crippen LogP contribution in [0.5, 0.6) is 0 Å². The number of anilines is 1. The van der Waals surface area contributed by atoms with Gasteiger partial charge in [0.05, 0.1) is 0 Å². The summed E-state index contributed by atoms with van der Waals surface area (Å²) < 4.78 is 0. The zero-order chi connectivity index (χ0) is 12.3. The fourth-order valence-electron chi connectivity index (χ4n) is 1.58. The average molecular weight is 232 g/mol. The molecule has 1 aromatic carbocycles. The lowest BCUT2D eigenvalue weighted by atomic mass is 10.2. The Balaban J connectivity index is 1.81. The lowest BCUT2D eigenvalue weighted by molar-refractivity contribution is -0.126. The molecule has 0 aliphatic heterocycles. The summed E-state index contributed by atoms with van der Waals surface area (Å²) in [6.07, 6.45) is 1.96. The lowest BCUT2D eigenvalue weighted by Gasteiger charge is -2.06. The number of hydrogen-bond donors (Lipinski definition) is 2. The third kappa shape index (κ3) is 3.90. The molecule has 90 valence electrons. The van der Waals surface area contributed by atoms with E-state index in [0.717, 1.165) is 24.1 Å². The first-order valence-corrected chi connectivity index (χ1v) is 5.79. The van der Waals surface area contributed by atoms with Crippen LogP contribution in [0.1, 0.15) is 24.8 Å². The molecule has 4 nitrogen and oxygen atoms in total. The van der Waals surface area contributed by atoms with Gasteiger partial charge in [-0.15, -0.1) is 0 Å². The first-order chi connectivity index (χ1) is 8.13. The monoisotopic (exact) mass is 232 g/mol. The molecule has 0 atom stereocenters. The average Bonchev–Trinajstić information content (AvgIpc) is 3.00. The Morgan fingerprint density at radius 2 is 2.06 bits per heavy atom. The van der Waals surface area contributed by atoms with Crippen molar-refractivity contribution in [2.45, 2.75) is 32.2 Å². The lowest BCUT2D eigenvalue weighted by Crippen LogP contribution is -2.29. The summed E-state index contributed by atoms with van der Waals surface area (Å²) in [5, 5.41) is 5.49. The van der Waals surface area contributed by atoms with Crippen LogP contribution in [0.2, 0.25) is 0 Å². The maximum atomic E-state index is 11.6. The SMILES string of the molecule is Cc1cccc(NC(=O)CC(=O)NC2CC2)c1. The Hall–Kier alpha value is -1.84. The van der Waals surface area contributed by atoms with E-state index in [1.165, 1.54) is 0 Å². The quantitative estimate of drug-likeness (QED) is 0.775. The third-order valence-electron chi connectivity index (χ3n) is 2.57. The minimum Gasteiger partial charge on any atom is -0.353 e. The van der Waals surface area contributed by atoms with Crippen LogP contribution in [0.15, 0.2) is 24.3 Å². The van der Waals surface area contributed by atoms with E-state index in [9.17, 15) is 9.59 Å². The van der Waals surface area contributed by atoms with Crippen molar-refractivity contribution in [1.82, 2.24) is 5.32 Å².